The van der Waals surface area contributed by atoms with Crippen molar-refractivity contribution in [1.82, 2.24) is 14.8 Å². The number of nitrogens with zero attached hydrogens (tertiary/aromatic N) is 4. The molecule has 29 heavy (non-hydrogen) atoms. The van der Waals surface area contributed by atoms with E-state index in [0.717, 1.165) is 12.6 Å². The van der Waals surface area contributed by atoms with E-state index in [9.17, 15) is 19.5 Å². The van der Waals surface area contributed by atoms with Gasteiger partial charge in [-0.2, -0.15) is 0 Å². The van der Waals surface area contributed by atoms with E-state index in [1.807, 2.05) is 6.92 Å². The molecule has 3 rings (SSSR count). The third-order valence-corrected chi connectivity index (χ3v) is 4.26. The summed E-state index contributed by atoms with van der Waals surface area (Å²) in [6.07, 6.45) is -1.63. The van der Waals surface area contributed by atoms with Crippen molar-refractivity contribution in [3.8, 4) is 11.6 Å². The van der Waals surface area contributed by atoms with Crippen molar-refractivity contribution < 1.29 is 33.7 Å². The highest BCUT2D eigenvalue weighted by atomic mass is 16.6. The Morgan fingerprint density at radius 1 is 1.38 bits per heavy atom. The number of carboxylic acids is 1. The number of carboxylic acid groups (broad SMARTS) is 1. The Balaban J connectivity index is 1.89. The largest absolute Gasteiger partial charge is 0.481 e. The average Bonchev–Trinajstić information content (AvgIpc) is 3.07. The molecule has 2 aromatic heterocycles. The number of rotatable bonds is 6. The van der Waals surface area contributed by atoms with Gasteiger partial charge in [0.05, 0.1) is 25.9 Å². The molecule has 11 nitrogen and oxygen atoms in total. The van der Waals surface area contributed by atoms with E-state index in [2.05, 4.69) is 10.1 Å². The van der Waals surface area contributed by atoms with E-state index in [-0.39, 0.29) is 13.2 Å². The fourth-order valence-electron chi connectivity index (χ4n) is 2.96. The van der Waals surface area contributed by atoms with Crippen LogP contribution in [0.5, 0.6) is 5.88 Å². The first-order chi connectivity index (χ1) is 13.8. The van der Waals surface area contributed by atoms with Gasteiger partial charge in [0.2, 0.25) is 12.0 Å². The summed E-state index contributed by atoms with van der Waals surface area (Å²) in [5.74, 6) is -2.21. The molecular formula is C18H20N4O7. The van der Waals surface area contributed by atoms with Crippen molar-refractivity contribution in [1.29, 1.82) is 0 Å². The van der Waals surface area contributed by atoms with Gasteiger partial charge in [-0.25, -0.2) is 14.5 Å². The summed E-state index contributed by atoms with van der Waals surface area (Å²) in [5.41, 5.74) is 1.42. The fourth-order valence-corrected chi connectivity index (χ4v) is 2.96. The normalized spacial score (nSPS) is 17.7. The van der Waals surface area contributed by atoms with Crippen molar-refractivity contribution in [2.24, 2.45) is 0 Å². The van der Waals surface area contributed by atoms with Gasteiger partial charge in [-0.05, 0) is 13.0 Å². The lowest BCUT2D eigenvalue weighted by Crippen LogP contribution is -2.55. The highest BCUT2D eigenvalue weighted by Gasteiger charge is 2.43. The Labute approximate surface area is 165 Å². The van der Waals surface area contributed by atoms with Crippen LogP contribution >= 0.6 is 0 Å². The second kappa shape index (κ2) is 8.27. The van der Waals surface area contributed by atoms with Gasteiger partial charge in [0.25, 0.3) is 5.91 Å². The van der Waals surface area contributed by atoms with Crippen LogP contribution in [-0.2, 0) is 23.9 Å². The van der Waals surface area contributed by atoms with Crippen LogP contribution in [0.4, 0.5) is 5.82 Å². The van der Waals surface area contributed by atoms with Gasteiger partial charge in [0.15, 0.2) is 11.9 Å². The molecule has 1 saturated heterocycles. The van der Waals surface area contributed by atoms with Crippen LogP contribution in [-0.4, -0.2) is 70.2 Å². The molecule has 154 valence electrons. The highest BCUT2D eigenvalue weighted by Crippen LogP contribution is 2.24. The number of hydrogen-bond donors (Lipinski definition) is 1. The molecule has 2 aromatic rings. The summed E-state index contributed by atoms with van der Waals surface area (Å²) >= 11 is 0. The number of hydrogen-bond acceptors (Lipinski definition) is 8. The minimum atomic E-state index is -1.74. The van der Waals surface area contributed by atoms with Gasteiger partial charge in [0, 0.05) is 30.9 Å². The van der Waals surface area contributed by atoms with Crippen LogP contribution < -0.4 is 9.64 Å². The third-order valence-electron chi connectivity index (χ3n) is 4.26. The predicted molar refractivity (Wildman–Crippen MR) is 97.9 cm³/mol. The zero-order valence-corrected chi connectivity index (χ0v) is 16.1. The smallest absolute Gasteiger partial charge is 0.348 e. The molecule has 0 spiro atoms. The number of aryl methyl sites for hydroxylation is 1. The van der Waals surface area contributed by atoms with Gasteiger partial charge < -0.3 is 19.3 Å². The Kier molecular flexibility index (Phi) is 5.78. The lowest BCUT2D eigenvalue weighted by atomic mass is 10.1. The number of aliphatic carboxylic acids is 1. The van der Waals surface area contributed by atoms with Gasteiger partial charge in [-0.15, -0.1) is 5.10 Å². The minimum Gasteiger partial charge on any atom is -0.481 e. The monoisotopic (exact) mass is 404 g/mol. The van der Waals surface area contributed by atoms with Crippen molar-refractivity contribution >= 4 is 23.7 Å². The Bertz CT molecular complexity index is 942. The molecule has 3 heterocycles. The molecule has 0 radical (unpaired) electrons. The zero-order chi connectivity index (χ0) is 21.1. The lowest BCUT2D eigenvalue weighted by Gasteiger charge is -2.33. The van der Waals surface area contributed by atoms with Crippen molar-refractivity contribution in [3.63, 3.8) is 0 Å². The summed E-state index contributed by atoms with van der Waals surface area (Å²) in [7, 11) is 1.50. The molecule has 2 atom stereocenters. The van der Waals surface area contributed by atoms with E-state index in [0.29, 0.717) is 17.4 Å². The first kappa shape index (κ1) is 20.3. The molecule has 11 heteroatoms. The number of anilines is 1. The molecule has 1 aliphatic heterocycles. The molecule has 0 saturated carbocycles. The Hall–Kier alpha value is -3.47. The van der Waals surface area contributed by atoms with Crippen LogP contribution in [0.25, 0.3) is 5.69 Å². The number of morpholine rings is 1. The number of esters is 1. The van der Waals surface area contributed by atoms with Crippen LogP contribution in [0.15, 0.2) is 24.4 Å². The second-order valence-electron chi connectivity index (χ2n) is 6.26. The fraction of sp³-hybridized carbons (Fsp3) is 0.389. The van der Waals surface area contributed by atoms with Crippen LogP contribution in [0.2, 0.25) is 0 Å². The maximum Gasteiger partial charge on any atom is 0.348 e. The molecule has 1 aliphatic rings. The first-order valence-corrected chi connectivity index (χ1v) is 8.72. The Morgan fingerprint density at radius 2 is 2.14 bits per heavy atom. The average molecular weight is 404 g/mol. The molecule has 1 N–H and O–H groups in total. The number of aromatic nitrogens is 3. The second-order valence-corrected chi connectivity index (χ2v) is 6.26. The van der Waals surface area contributed by atoms with E-state index in [1.54, 1.807) is 29.1 Å². The van der Waals surface area contributed by atoms with Crippen LogP contribution in [0, 0.1) is 6.92 Å². The van der Waals surface area contributed by atoms with E-state index >= 15 is 0 Å². The molecule has 1 amide bonds. The first-order valence-electron chi connectivity index (χ1n) is 8.72. The summed E-state index contributed by atoms with van der Waals surface area (Å²) < 4.78 is 16.8. The number of ether oxygens (including phenoxy) is 3. The summed E-state index contributed by atoms with van der Waals surface area (Å²) in [5, 5.41) is 13.8. The topological polar surface area (TPSA) is 133 Å². The number of methoxy groups -OCH3 is 1. The molecule has 0 aromatic carbocycles. The van der Waals surface area contributed by atoms with Gasteiger partial charge in [-0.1, -0.05) is 0 Å². The van der Waals surface area contributed by atoms with Crippen LogP contribution in [0.1, 0.15) is 12.6 Å². The van der Waals surface area contributed by atoms with Crippen LogP contribution in [0.3, 0.4) is 0 Å². The lowest BCUT2D eigenvalue weighted by molar-refractivity contribution is -0.177. The molecule has 0 bridgehead atoms. The maximum atomic E-state index is 12.9. The quantitative estimate of drug-likeness (QED) is 0.676. The van der Waals surface area contributed by atoms with Crippen molar-refractivity contribution in [2.75, 3.05) is 25.2 Å². The van der Waals surface area contributed by atoms with Gasteiger partial charge in [-0.3, -0.25) is 14.5 Å². The third kappa shape index (κ3) is 4.19. The van der Waals surface area contributed by atoms with E-state index in [1.165, 1.54) is 12.0 Å². The van der Waals surface area contributed by atoms with Crippen molar-refractivity contribution in [3.05, 3.63) is 30.1 Å². The zero-order valence-electron chi connectivity index (χ0n) is 16.1. The highest BCUT2D eigenvalue weighted by molar-refractivity contribution is 6.00. The SMILES string of the molecule is COc1cc(-n2nc(N3CCO[C@H]([C@@H](OC(C)=O)C(=O)O)C3=O)cc2C)ccn1. The van der Waals surface area contributed by atoms with E-state index in [4.69, 9.17) is 14.2 Å². The number of carbonyl (C=O) groups is 3. The standard InChI is InChI=1S/C18H20N4O7/c1-10-8-13(20-22(10)12-4-5-19-14(9-12)27-3)21-6-7-28-15(17(21)24)16(18(25)26)29-11(2)23/h4-5,8-9,15-16H,6-7H2,1-3H3,(H,25,26)/t15-,16-/m1/s1. The van der Waals surface area contributed by atoms with Gasteiger partial charge in [0.1, 0.15) is 0 Å². The number of carbonyl (C=O) groups excluding carboxylic acids is 2. The number of pyridine rings is 1. The molecule has 0 aliphatic carbocycles. The number of amides is 1. The molecular weight excluding hydrogens is 384 g/mol. The maximum absolute atomic E-state index is 12.9. The van der Waals surface area contributed by atoms with Crippen molar-refractivity contribution in [2.45, 2.75) is 26.1 Å². The van der Waals surface area contributed by atoms with Gasteiger partial charge >= 0.3 is 11.9 Å². The summed E-state index contributed by atoms with van der Waals surface area (Å²) in [6, 6.07) is 5.11. The molecule has 1 fully saturated rings. The minimum absolute atomic E-state index is 0.0659. The summed E-state index contributed by atoms with van der Waals surface area (Å²) in [4.78, 5) is 40.9. The molecule has 0 unspecified atom stereocenters. The predicted octanol–water partition coefficient (Wildman–Crippen LogP) is 0.332. The Morgan fingerprint density at radius 3 is 2.79 bits per heavy atom. The van der Waals surface area contributed by atoms with E-state index < -0.39 is 30.1 Å². The summed E-state index contributed by atoms with van der Waals surface area (Å²) in [6.45, 7) is 3.12.